The van der Waals surface area contributed by atoms with E-state index in [0.29, 0.717) is 18.8 Å². The average Bonchev–Trinajstić information content (AvgIpc) is 2.63. The Labute approximate surface area is 167 Å². The van der Waals surface area contributed by atoms with Crippen LogP contribution in [0.2, 0.25) is 0 Å². The maximum atomic E-state index is 11.5. The van der Waals surface area contributed by atoms with E-state index in [9.17, 15) is 4.79 Å². The molecule has 0 bridgehead atoms. The second-order valence-corrected chi connectivity index (χ2v) is 8.89. The molecule has 0 spiro atoms. The predicted molar refractivity (Wildman–Crippen MR) is 114 cm³/mol. The molecule has 1 aromatic carbocycles. The first-order chi connectivity index (χ1) is 12.9. The summed E-state index contributed by atoms with van der Waals surface area (Å²) < 4.78 is 5.81. The van der Waals surface area contributed by atoms with Crippen LogP contribution in [-0.4, -0.2) is 60.1 Å². The highest BCUT2D eigenvalue weighted by Gasteiger charge is 2.28. The fourth-order valence-electron chi connectivity index (χ4n) is 2.92. The molecular formula is C20H32N4O2S. The summed E-state index contributed by atoms with van der Waals surface area (Å²) in [5.74, 6) is 2.65. The fraction of sp³-hybridized carbons (Fsp3) is 0.600. The van der Waals surface area contributed by atoms with Crippen molar-refractivity contribution in [3.8, 4) is 5.75 Å². The number of hydrogen-bond donors (Lipinski definition) is 2. The third-order valence-electron chi connectivity index (χ3n) is 4.11. The van der Waals surface area contributed by atoms with Gasteiger partial charge in [0.1, 0.15) is 5.75 Å². The molecule has 150 valence electrons. The van der Waals surface area contributed by atoms with E-state index in [1.54, 1.807) is 0 Å². The minimum atomic E-state index is -0.110. The molecule has 2 N–H and O–H groups in total. The molecule has 0 unspecified atom stereocenters. The Kier molecular flexibility index (Phi) is 8.28. The van der Waals surface area contributed by atoms with E-state index >= 15 is 0 Å². The van der Waals surface area contributed by atoms with Gasteiger partial charge in [0.15, 0.2) is 12.6 Å². The summed E-state index contributed by atoms with van der Waals surface area (Å²) in [5, 5.41) is 6.14. The average molecular weight is 393 g/mol. The Balaban J connectivity index is 2.00. The number of carbonyl (C=O) groups is 1. The summed E-state index contributed by atoms with van der Waals surface area (Å²) in [5.41, 5.74) is 1.06. The molecule has 0 aromatic heterocycles. The minimum Gasteiger partial charge on any atom is -0.484 e. The number of amides is 1. The Morgan fingerprint density at radius 1 is 1.30 bits per heavy atom. The third-order valence-corrected chi connectivity index (χ3v) is 5.41. The fourth-order valence-corrected chi connectivity index (χ4v) is 4.03. The lowest BCUT2D eigenvalue weighted by Gasteiger charge is -2.39. The van der Waals surface area contributed by atoms with E-state index in [1.165, 1.54) is 0 Å². The minimum absolute atomic E-state index is 0.0315. The lowest BCUT2D eigenvalue weighted by molar-refractivity contribution is -0.122. The molecule has 1 aliphatic heterocycles. The van der Waals surface area contributed by atoms with Crippen LogP contribution < -0.4 is 15.4 Å². The molecule has 1 aromatic rings. The van der Waals surface area contributed by atoms with Gasteiger partial charge in [0.2, 0.25) is 0 Å². The number of ether oxygens (including phenoxy) is 1. The summed E-state index contributed by atoms with van der Waals surface area (Å²) >= 11 is 2.01. The largest absolute Gasteiger partial charge is 0.484 e. The summed E-state index contributed by atoms with van der Waals surface area (Å²) in [6.07, 6.45) is 0. The van der Waals surface area contributed by atoms with E-state index in [-0.39, 0.29) is 17.3 Å². The molecule has 1 aliphatic rings. The van der Waals surface area contributed by atoms with Crippen LogP contribution in [-0.2, 0) is 11.3 Å². The van der Waals surface area contributed by atoms with Crippen molar-refractivity contribution < 1.29 is 9.53 Å². The van der Waals surface area contributed by atoms with E-state index in [1.807, 2.05) is 43.0 Å². The second-order valence-electron chi connectivity index (χ2n) is 7.09. The highest BCUT2D eigenvalue weighted by atomic mass is 32.2. The summed E-state index contributed by atoms with van der Waals surface area (Å²) in [6.45, 7) is 12.6. The number of nitrogens with zero attached hydrogens (tertiary/aromatic N) is 2. The van der Waals surface area contributed by atoms with Crippen molar-refractivity contribution in [3.63, 3.8) is 0 Å². The molecule has 6 nitrogen and oxygen atoms in total. The third kappa shape index (κ3) is 7.33. The zero-order valence-electron chi connectivity index (χ0n) is 16.9. The summed E-state index contributed by atoms with van der Waals surface area (Å²) in [4.78, 5) is 18.7. The Morgan fingerprint density at radius 2 is 2.07 bits per heavy atom. The first kappa shape index (κ1) is 21.4. The van der Waals surface area contributed by atoms with Gasteiger partial charge in [-0.15, -0.1) is 0 Å². The van der Waals surface area contributed by atoms with Gasteiger partial charge in [-0.25, -0.2) is 4.99 Å². The maximum Gasteiger partial charge on any atom is 0.257 e. The molecular weight excluding hydrogens is 360 g/mol. The number of thioether (sulfide) groups is 1. The number of guanidine groups is 1. The van der Waals surface area contributed by atoms with Gasteiger partial charge in [-0.3, -0.25) is 4.79 Å². The molecule has 0 aliphatic carbocycles. The highest BCUT2D eigenvalue weighted by Crippen LogP contribution is 2.29. The standard InChI is InChI=1S/C20H32N4O2S/c1-5-21-18(25)14-26-17-9-7-8-16(12-17)13-23-19(22-6-2)24-10-11-27-20(3,4)15-24/h7-9,12H,5-6,10-11,13-15H2,1-4H3,(H,21,25)(H,22,23). The molecule has 2 rings (SSSR count). The van der Waals surface area contributed by atoms with E-state index < -0.39 is 0 Å². The molecule has 0 saturated carbocycles. The number of aliphatic imine (C=N–C) groups is 1. The maximum absolute atomic E-state index is 11.5. The van der Waals surface area contributed by atoms with Gasteiger partial charge in [0.25, 0.3) is 5.91 Å². The Hall–Kier alpha value is -1.89. The van der Waals surface area contributed by atoms with Crippen LogP contribution >= 0.6 is 11.8 Å². The molecule has 1 heterocycles. The van der Waals surface area contributed by atoms with Crippen molar-refractivity contribution in [2.45, 2.75) is 39.0 Å². The molecule has 1 saturated heterocycles. The summed E-state index contributed by atoms with van der Waals surface area (Å²) in [7, 11) is 0. The normalized spacial score (nSPS) is 16.7. The number of carbonyl (C=O) groups excluding carboxylic acids is 1. The topological polar surface area (TPSA) is 66.0 Å². The van der Waals surface area contributed by atoms with E-state index in [2.05, 4.69) is 36.3 Å². The van der Waals surface area contributed by atoms with Gasteiger partial charge < -0.3 is 20.3 Å². The number of hydrogen-bond acceptors (Lipinski definition) is 4. The van der Waals surface area contributed by atoms with Crippen molar-refractivity contribution in [1.29, 1.82) is 0 Å². The lowest BCUT2D eigenvalue weighted by atomic mass is 10.2. The van der Waals surface area contributed by atoms with Crippen molar-refractivity contribution >= 4 is 23.6 Å². The van der Waals surface area contributed by atoms with Crippen LogP contribution in [0.4, 0.5) is 0 Å². The van der Waals surface area contributed by atoms with E-state index in [0.717, 1.165) is 36.9 Å². The van der Waals surface area contributed by atoms with E-state index in [4.69, 9.17) is 9.73 Å². The van der Waals surface area contributed by atoms with Crippen LogP contribution in [0.5, 0.6) is 5.75 Å². The Bertz CT molecular complexity index is 649. The van der Waals surface area contributed by atoms with Crippen molar-refractivity contribution in [2.75, 3.05) is 38.5 Å². The first-order valence-electron chi connectivity index (χ1n) is 9.59. The molecule has 7 heteroatoms. The van der Waals surface area contributed by atoms with Crippen molar-refractivity contribution in [3.05, 3.63) is 29.8 Å². The predicted octanol–water partition coefficient (Wildman–Crippen LogP) is 2.49. The number of nitrogens with one attached hydrogen (secondary N) is 2. The zero-order chi connectivity index (χ0) is 19.7. The van der Waals surface area contributed by atoms with Crippen LogP contribution in [0.15, 0.2) is 29.3 Å². The monoisotopic (exact) mass is 392 g/mol. The Morgan fingerprint density at radius 3 is 2.78 bits per heavy atom. The van der Waals surface area contributed by atoms with Crippen molar-refractivity contribution in [2.24, 2.45) is 4.99 Å². The second kappa shape index (κ2) is 10.4. The van der Waals surface area contributed by atoms with Gasteiger partial charge in [-0.2, -0.15) is 11.8 Å². The van der Waals surface area contributed by atoms with Crippen LogP contribution in [0.1, 0.15) is 33.3 Å². The molecule has 1 amide bonds. The quantitative estimate of drug-likeness (QED) is 0.551. The smallest absolute Gasteiger partial charge is 0.257 e. The van der Waals surface area contributed by atoms with Gasteiger partial charge in [0.05, 0.1) is 6.54 Å². The van der Waals surface area contributed by atoms with Crippen molar-refractivity contribution in [1.82, 2.24) is 15.5 Å². The molecule has 27 heavy (non-hydrogen) atoms. The SMILES string of the molecule is CCNC(=O)COc1cccc(CN=C(NCC)N2CCSC(C)(C)C2)c1. The lowest BCUT2D eigenvalue weighted by Crippen LogP contribution is -2.50. The molecule has 0 atom stereocenters. The molecule has 1 fully saturated rings. The number of rotatable bonds is 7. The first-order valence-corrected chi connectivity index (χ1v) is 10.6. The van der Waals surface area contributed by atoms with Crippen LogP contribution in [0.25, 0.3) is 0 Å². The summed E-state index contributed by atoms with van der Waals surface area (Å²) in [6, 6.07) is 7.78. The van der Waals surface area contributed by atoms with Gasteiger partial charge in [-0.1, -0.05) is 12.1 Å². The van der Waals surface area contributed by atoms with Crippen LogP contribution in [0, 0.1) is 0 Å². The van der Waals surface area contributed by atoms with Gasteiger partial charge in [-0.05, 0) is 45.4 Å². The molecule has 0 radical (unpaired) electrons. The zero-order valence-corrected chi connectivity index (χ0v) is 17.7. The highest BCUT2D eigenvalue weighted by molar-refractivity contribution is 8.00. The number of likely N-dealkylation sites (N-methyl/N-ethyl adjacent to an activating group) is 1. The van der Waals surface area contributed by atoms with Crippen LogP contribution in [0.3, 0.4) is 0 Å². The number of benzene rings is 1. The van der Waals surface area contributed by atoms with Gasteiger partial charge >= 0.3 is 0 Å². The van der Waals surface area contributed by atoms with Gasteiger partial charge in [0, 0.05) is 36.7 Å².